The van der Waals surface area contributed by atoms with Crippen molar-refractivity contribution in [3.63, 3.8) is 0 Å². The van der Waals surface area contributed by atoms with Crippen LogP contribution in [-0.4, -0.2) is 31.2 Å². The van der Waals surface area contributed by atoms with Gasteiger partial charge in [-0.05, 0) is 13.8 Å². The molecule has 84 valence electrons. The van der Waals surface area contributed by atoms with Gasteiger partial charge in [0, 0.05) is 12.3 Å². The summed E-state index contributed by atoms with van der Waals surface area (Å²) < 4.78 is 1.48. The lowest BCUT2D eigenvalue weighted by atomic mass is 10.2. The molecule has 6 heteroatoms. The number of H-pyrrole nitrogens is 1. The molecule has 0 spiro atoms. The molecule has 1 heterocycles. The van der Waals surface area contributed by atoms with E-state index in [-0.39, 0.29) is 5.69 Å². The van der Waals surface area contributed by atoms with Crippen molar-refractivity contribution in [3.05, 3.63) is 23.1 Å². The normalized spacial score (nSPS) is 11.7. The number of aromatic amines is 1. The van der Waals surface area contributed by atoms with E-state index in [0.29, 0.717) is 17.5 Å². The monoisotopic (exact) mass is 229 g/mol. The summed E-state index contributed by atoms with van der Waals surface area (Å²) in [6, 6.07) is 0. The van der Waals surface area contributed by atoms with Crippen molar-refractivity contribution in [2.45, 2.75) is 31.1 Å². The second-order valence-corrected chi connectivity index (χ2v) is 4.75. The van der Waals surface area contributed by atoms with Crippen molar-refractivity contribution in [3.8, 4) is 0 Å². The van der Waals surface area contributed by atoms with Gasteiger partial charge < -0.3 is 5.11 Å². The average molecular weight is 229 g/mol. The minimum absolute atomic E-state index is 0.256. The number of hydrogen-bond acceptors (Lipinski definition) is 4. The van der Waals surface area contributed by atoms with Crippen molar-refractivity contribution in [1.82, 2.24) is 14.8 Å². The van der Waals surface area contributed by atoms with E-state index in [4.69, 9.17) is 0 Å². The Morgan fingerprint density at radius 3 is 2.93 bits per heavy atom. The minimum Gasteiger partial charge on any atom is -0.390 e. The molecule has 1 aromatic rings. The summed E-state index contributed by atoms with van der Waals surface area (Å²) in [6.45, 7) is 7.41. The molecule has 0 aliphatic carbocycles. The van der Waals surface area contributed by atoms with Crippen LogP contribution in [0.2, 0.25) is 0 Å². The molecule has 1 aromatic heterocycles. The smallest absolute Gasteiger partial charge is 0.344 e. The van der Waals surface area contributed by atoms with Crippen molar-refractivity contribution in [2.75, 3.05) is 5.75 Å². The number of thioether (sulfide) groups is 1. The molecule has 0 saturated heterocycles. The molecular weight excluding hydrogens is 214 g/mol. The van der Waals surface area contributed by atoms with Gasteiger partial charge in [0.25, 0.3) is 0 Å². The van der Waals surface area contributed by atoms with E-state index < -0.39 is 5.60 Å². The molecule has 0 saturated carbocycles. The van der Waals surface area contributed by atoms with Gasteiger partial charge in [-0.25, -0.2) is 9.89 Å². The fourth-order valence-electron chi connectivity index (χ4n) is 0.945. The zero-order valence-corrected chi connectivity index (χ0v) is 9.67. The van der Waals surface area contributed by atoms with Gasteiger partial charge in [0.1, 0.15) is 0 Å². The Kier molecular flexibility index (Phi) is 3.76. The Bertz CT molecular complexity index is 389. The summed E-state index contributed by atoms with van der Waals surface area (Å²) in [7, 11) is 0. The highest BCUT2D eigenvalue weighted by atomic mass is 32.2. The molecule has 0 aliphatic heterocycles. The largest absolute Gasteiger partial charge is 0.390 e. The number of aromatic nitrogens is 3. The Labute approximate surface area is 92.2 Å². The van der Waals surface area contributed by atoms with Crippen LogP contribution in [0.15, 0.2) is 22.6 Å². The molecular formula is C9H15N3O2S. The van der Waals surface area contributed by atoms with Gasteiger partial charge in [-0.1, -0.05) is 17.8 Å². The Morgan fingerprint density at radius 2 is 2.40 bits per heavy atom. The first kappa shape index (κ1) is 12.1. The maximum atomic E-state index is 11.3. The maximum absolute atomic E-state index is 11.3. The molecule has 0 aliphatic rings. The fourth-order valence-corrected chi connectivity index (χ4v) is 1.85. The Balaban J connectivity index is 2.77. The zero-order valence-electron chi connectivity index (χ0n) is 8.86. The van der Waals surface area contributed by atoms with Crippen molar-refractivity contribution in [2.24, 2.45) is 0 Å². The van der Waals surface area contributed by atoms with Gasteiger partial charge in [-0.2, -0.15) is 0 Å². The molecule has 0 aromatic carbocycles. The molecule has 0 radical (unpaired) electrons. The summed E-state index contributed by atoms with van der Waals surface area (Å²) >= 11 is 1.34. The maximum Gasteiger partial charge on any atom is 0.344 e. The van der Waals surface area contributed by atoms with Gasteiger partial charge in [0.15, 0.2) is 5.16 Å². The van der Waals surface area contributed by atoms with E-state index in [1.54, 1.807) is 19.9 Å². The van der Waals surface area contributed by atoms with E-state index >= 15 is 0 Å². The number of nitrogens with one attached hydrogen (secondary N) is 1. The standard InChI is InChI=1S/C9H15N3O2S/c1-4-5-12-7(13)10-11-8(12)15-6-9(2,3)14/h4,14H,1,5-6H2,2-3H3,(H,10,13). The van der Waals surface area contributed by atoms with Crippen molar-refractivity contribution >= 4 is 11.8 Å². The van der Waals surface area contributed by atoms with Crippen LogP contribution in [0.5, 0.6) is 0 Å². The first-order valence-electron chi connectivity index (χ1n) is 4.55. The molecule has 5 nitrogen and oxygen atoms in total. The van der Waals surface area contributed by atoms with Gasteiger partial charge in [-0.15, -0.1) is 11.7 Å². The molecule has 0 fully saturated rings. The van der Waals surface area contributed by atoms with Gasteiger partial charge >= 0.3 is 5.69 Å². The van der Waals surface area contributed by atoms with Crippen LogP contribution in [0.25, 0.3) is 0 Å². The second kappa shape index (κ2) is 4.67. The van der Waals surface area contributed by atoms with E-state index in [9.17, 15) is 9.90 Å². The first-order valence-corrected chi connectivity index (χ1v) is 5.54. The predicted molar refractivity (Wildman–Crippen MR) is 60.1 cm³/mol. The van der Waals surface area contributed by atoms with E-state index in [1.165, 1.54) is 16.3 Å². The quantitative estimate of drug-likeness (QED) is 0.573. The lowest BCUT2D eigenvalue weighted by molar-refractivity contribution is 0.107. The molecule has 0 amide bonds. The molecule has 1 rings (SSSR count). The van der Waals surface area contributed by atoms with Gasteiger partial charge in [0.05, 0.1) is 5.60 Å². The third-order valence-electron chi connectivity index (χ3n) is 1.59. The Morgan fingerprint density at radius 1 is 1.73 bits per heavy atom. The van der Waals surface area contributed by atoms with Crippen LogP contribution < -0.4 is 5.69 Å². The first-order chi connectivity index (χ1) is 6.94. The van der Waals surface area contributed by atoms with Crippen molar-refractivity contribution < 1.29 is 5.11 Å². The summed E-state index contributed by atoms with van der Waals surface area (Å²) in [5.41, 5.74) is -1.04. The van der Waals surface area contributed by atoms with Gasteiger partial charge in [-0.3, -0.25) is 4.57 Å². The third-order valence-corrected chi connectivity index (χ3v) is 3.01. The van der Waals surface area contributed by atoms with E-state index in [1.807, 2.05) is 0 Å². The molecule has 0 unspecified atom stereocenters. The number of allylic oxidation sites excluding steroid dienone is 1. The zero-order chi connectivity index (χ0) is 11.5. The topological polar surface area (TPSA) is 70.9 Å². The molecule has 0 bridgehead atoms. The van der Waals surface area contributed by atoms with Crippen molar-refractivity contribution in [1.29, 1.82) is 0 Å². The summed E-state index contributed by atoms with van der Waals surface area (Å²) in [4.78, 5) is 11.3. The lowest BCUT2D eigenvalue weighted by Gasteiger charge is -2.15. The highest BCUT2D eigenvalue weighted by Crippen LogP contribution is 2.18. The van der Waals surface area contributed by atoms with E-state index in [0.717, 1.165) is 0 Å². The molecule has 15 heavy (non-hydrogen) atoms. The lowest BCUT2D eigenvalue weighted by Crippen LogP contribution is -2.22. The average Bonchev–Trinajstić information content (AvgIpc) is 2.45. The highest BCUT2D eigenvalue weighted by molar-refractivity contribution is 7.99. The molecule has 2 N–H and O–H groups in total. The second-order valence-electron chi connectivity index (χ2n) is 3.81. The Hall–Kier alpha value is -1.01. The van der Waals surface area contributed by atoms with E-state index in [2.05, 4.69) is 16.8 Å². The van der Waals surface area contributed by atoms with Crippen LogP contribution in [0.1, 0.15) is 13.8 Å². The number of rotatable bonds is 5. The van der Waals surface area contributed by atoms with Gasteiger partial charge in [0.2, 0.25) is 0 Å². The predicted octanol–water partition coefficient (Wildman–Crippen LogP) is 0.620. The highest BCUT2D eigenvalue weighted by Gasteiger charge is 2.16. The van der Waals surface area contributed by atoms with Crippen LogP contribution in [-0.2, 0) is 6.54 Å². The number of aliphatic hydroxyl groups is 1. The van der Waals surface area contributed by atoms with Crippen LogP contribution in [0, 0.1) is 0 Å². The van der Waals surface area contributed by atoms with Crippen LogP contribution in [0.3, 0.4) is 0 Å². The fraction of sp³-hybridized carbons (Fsp3) is 0.556. The summed E-state index contributed by atoms with van der Waals surface area (Å²) in [5, 5.41) is 16.3. The summed E-state index contributed by atoms with van der Waals surface area (Å²) in [6.07, 6.45) is 1.63. The number of nitrogens with zero attached hydrogens (tertiary/aromatic N) is 2. The molecule has 0 atom stereocenters. The number of hydrogen-bond donors (Lipinski definition) is 2. The summed E-state index contributed by atoms with van der Waals surface area (Å²) in [5.74, 6) is 0.481. The van der Waals surface area contributed by atoms with Crippen LogP contribution >= 0.6 is 11.8 Å². The third kappa shape index (κ3) is 3.56. The van der Waals surface area contributed by atoms with Crippen LogP contribution in [0.4, 0.5) is 0 Å². The minimum atomic E-state index is -0.779. The SMILES string of the molecule is C=CCn1c(SCC(C)(C)O)n[nH]c1=O.